The summed E-state index contributed by atoms with van der Waals surface area (Å²) in [5.74, 6) is 1.18. The van der Waals surface area contributed by atoms with Gasteiger partial charge in [0.05, 0.1) is 6.20 Å². The standard InChI is InChI=1S/C17H16ClN5/c1-23(14-8-3-2-4-9-14)16-12-20-22-17(21-16)19-11-13-7-5-6-10-15(13)18/h2-10,12H,11H2,1H3,(H,19,21,22). The van der Waals surface area contributed by atoms with Gasteiger partial charge in [0.1, 0.15) is 0 Å². The normalized spacial score (nSPS) is 10.3. The summed E-state index contributed by atoms with van der Waals surface area (Å²) in [6.07, 6.45) is 1.63. The van der Waals surface area contributed by atoms with E-state index in [2.05, 4.69) is 20.5 Å². The molecular formula is C17H16ClN5. The Bertz CT molecular complexity index is 779. The lowest BCUT2D eigenvalue weighted by Gasteiger charge is -2.18. The average Bonchev–Trinajstić information content (AvgIpc) is 2.61. The number of rotatable bonds is 5. The van der Waals surface area contributed by atoms with Crippen molar-refractivity contribution in [3.05, 3.63) is 71.4 Å². The highest BCUT2D eigenvalue weighted by atomic mass is 35.5. The summed E-state index contributed by atoms with van der Waals surface area (Å²) in [7, 11) is 1.94. The number of nitrogens with zero attached hydrogens (tertiary/aromatic N) is 4. The minimum atomic E-state index is 0.463. The first kappa shape index (κ1) is 15.2. The Morgan fingerprint density at radius 2 is 1.78 bits per heavy atom. The summed E-state index contributed by atoms with van der Waals surface area (Å²) >= 11 is 6.15. The van der Waals surface area contributed by atoms with Crippen molar-refractivity contribution in [2.75, 3.05) is 17.3 Å². The molecule has 3 aromatic rings. The van der Waals surface area contributed by atoms with E-state index in [1.54, 1.807) is 6.20 Å². The third-order valence-corrected chi connectivity index (χ3v) is 3.80. The van der Waals surface area contributed by atoms with Gasteiger partial charge in [-0.15, -0.1) is 5.10 Å². The predicted octanol–water partition coefficient (Wildman–Crippen LogP) is 3.91. The van der Waals surface area contributed by atoms with Gasteiger partial charge in [0.25, 0.3) is 0 Å². The molecule has 0 aliphatic carbocycles. The van der Waals surface area contributed by atoms with E-state index in [9.17, 15) is 0 Å². The van der Waals surface area contributed by atoms with E-state index in [4.69, 9.17) is 11.6 Å². The third kappa shape index (κ3) is 3.76. The van der Waals surface area contributed by atoms with Crippen molar-refractivity contribution in [2.45, 2.75) is 6.54 Å². The maximum absolute atomic E-state index is 6.15. The molecule has 0 saturated carbocycles. The van der Waals surface area contributed by atoms with Crippen LogP contribution in [0.2, 0.25) is 5.02 Å². The molecule has 23 heavy (non-hydrogen) atoms. The van der Waals surface area contributed by atoms with Crippen LogP contribution in [0.4, 0.5) is 17.5 Å². The number of anilines is 3. The lowest BCUT2D eigenvalue weighted by Crippen LogP contribution is -2.14. The molecule has 6 heteroatoms. The molecule has 116 valence electrons. The molecule has 0 fully saturated rings. The first-order valence-electron chi connectivity index (χ1n) is 7.20. The Labute approximate surface area is 140 Å². The molecule has 2 aromatic carbocycles. The van der Waals surface area contributed by atoms with Crippen LogP contribution >= 0.6 is 11.6 Å². The smallest absolute Gasteiger partial charge is 0.244 e. The predicted molar refractivity (Wildman–Crippen MR) is 93.1 cm³/mol. The number of hydrogen-bond donors (Lipinski definition) is 1. The summed E-state index contributed by atoms with van der Waals surface area (Å²) in [6, 6.07) is 17.6. The fraction of sp³-hybridized carbons (Fsp3) is 0.118. The Morgan fingerprint density at radius 3 is 2.57 bits per heavy atom. The van der Waals surface area contributed by atoms with E-state index < -0.39 is 0 Å². The van der Waals surface area contributed by atoms with Crippen LogP contribution in [0.25, 0.3) is 0 Å². The second-order valence-corrected chi connectivity index (χ2v) is 5.38. The van der Waals surface area contributed by atoms with Crippen molar-refractivity contribution in [1.29, 1.82) is 0 Å². The van der Waals surface area contributed by atoms with E-state index in [0.717, 1.165) is 11.3 Å². The Morgan fingerprint density at radius 1 is 1.04 bits per heavy atom. The van der Waals surface area contributed by atoms with Gasteiger partial charge in [-0.2, -0.15) is 10.1 Å². The van der Waals surface area contributed by atoms with Gasteiger partial charge in [0, 0.05) is 24.3 Å². The van der Waals surface area contributed by atoms with Crippen LogP contribution < -0.4 is 10.2 Å². The molecule has 0 spiro atoms. The maximum atomic E-state index is 6.15. The number of benzene rings is 2. The lowest BCUT2D eigenvalue weighted by atomic mass is 10.2. The fourth-order valence-corrected chi connectivity index (χ4v) is 2.33. The monoisotopic (exact) mass is 325 g/mol. The van der Waals surface area contributed by atoms with Crippen LogP contribution in [0.3, 0.4) is 0 Å². The SMILES string of the molecule is CN(c1ccccc1)c1cnnc(NCc2ccccc2Cl)n1. The maximum Gasteiger partial charge on any atom is 0.244 e. The molecule has 3 rings (SSSR count). The van der Waals surface area contributed by atoms with Gasteiger partial charge in [-0.1, -0.05) is 48.0 Å². The number of para-hydroxylation sites is 1. The highest BCUT2D eigenvalue weighted by Crippen LogP contribution is 2.21. The van der Waals surface area contributed by atoms with Crippen molar-refractivity contribution < 1.29 is 0 Å². The molecular weight excluding hydrogens is 310 g/mol. The highest BCUT2D eigenvalue weighted by Gasteiger charge is 2.08. The van der Waals surface area contributed by atoms with Crippen molar-refractivity contribution in [1.82, 2.24) is 15.2 Å². The zero-order valence-corrected chi connectivity index (χ0v) is 13.4. The molecule has 0 bridgehead atoms. The largest absolute Gasteiger partial charge is 0.349 e. The van der Waals surface area contributed by atoms with Crippen LogP contribution in [-0.4, -0.2) is 22.2 Å². The third-order valence-electron chi connectivity index (χ3n) is 3.43. The van der Waals surface area contributed by atoms with Gasteiger partial charge >= 0.3 is 0 Å². The molecule has 0 aliphatic rings. The quantitative estimate of drug-likeness (QED) is 0.771. The summed E-state index contributed by atoms with van der Waals surface area (Å²) in [6.45, 7) is 0.542. The van der Waals surface area contributed by atoms with E-state index >= 15 is 0 Å². The average molecular weight is 326 g/mol. The van der Waals surface area contributed by atoms with Crippen molar-refractivity contribution in [2.24, 2.45) is 0 Å². The number of halogens is 1. The molecule has 0 radical (unpaired) electrons. The van der Waals surface area contributed by atoms with Crippen LogP contribution in [0.15, 0.2) is 60.8 Å². The first-order chi connectivity index (χ1) is 11.2. The van der Waals surface area contributed by atoms with Crippen molar-refractivity contribution in [3.63, 3.8) is 0 Å². The van der Waals surface area contributed by atoms with Gasteiger partial charge in [0.15, 0.2) is 5.82 Å². The van der Waals surface area contributed by atoms with E-state index in [1.807, 2.05) is 66.5 Å². The van der Waals surface area contributed by atoms with Gasteiger partial charge in [-0.05, 0) is 23.8 Å². The molecule has 1 aromatic heterocycles. The van der Waals surface area contributed by atoms with Gasteiger partial charge in [-0.25, -0.2) is 0 Å². The summed E-state index contributed by atoms with van der Waals surface area (Å²) in [5, 5.41) is 11.9. The molecule has 5 nitrogen and oxygen atoms in total. The first-order valence-corrected chi connectivity index (χ1v) is 7.57. The molecule has 0 amide bonds. The van der Waals surface area contributed by atoms with Crippen molar-refractivity contribution >= 4 is 29.1 Å². The number of aromatic nitrogens is 3. The zero-order chi connectivity index (χ0) is 16.1. The van der Waals surface area contributed by atoms with E-state index in [0.29, 0.717) is 23.3 Å². The highest BCUT2D eigenvalue weighted by molar-refractivity contribution is 6.31. The second kappa shape index (κ2) is 7.07. The summed E-state index contributed by atoms with van der Waals surface area (Å²) in [5.41, 5.74) is 2.02. The van der Waals surface area contributed by atoms with Gasteiger partial charge in [-0.3, -0.25) is 0 Å². The molecule has 1 N–H and O–H groups in total. The van der Waals surface area contributed by atoms with Crippen LogP contribution in [0, 0.1) is 0 Å². The summed E-state index contributed by atoms with van der Waals surface area (Å²) in [4.78, 5) is 6.45. The van der Waals surface area contributed by atoms with Crippen LogP contribution in [-0.2, 0) is 6.54 Å². The minimum Gasteiger partial charge on any atom is -0.349 e. The van der Waals surface area contributed by atoms with Gasteiger partial charge < -0.3 is 10.2 Å². The van der Waals surface area contributed by atoms with Crippen LogP contribution in [0.1, 0.15) is 5.56 Å². The second-order valence-electron chi connectivity index (χ2n) is 4.98. The number of hydrogen-bond acceptors (Lipinski definition) is 5. The lowest BCUT2D eigenvalue weighted by molar-refractivity contribution is 0.930. The molecule has 0 atom stereocenters. The van der Waals surface area contributed by atoms with E-state index in [-0.39, 0.29) is 0 Å². The Hall–Kier alpha value is -2.66. The van der Waals surface area contributed by atoms with E-state index in [1.165, 1.54) is 0 Å². The zero-order valence-electron chi connectivity index (χ0n) is 12.6. The summed E-state index contributed by atoms with van der Waals surface area (Å²) < 4.78 is 0. The van der Waals surface area contributed by atoms with Gasteiger partial charge in [0.2, 0.25) is 5.95 Å². The van der Waals surface area contributed by atoms with Crippen molar-refractivity contribution in [3.8, 4) is 0 Å². The number of nitrogens with one attached hydrogen (secondary N) is 1. The Kier molecular flexibility index (Phi) is 4.68. The molecule has 0 aliphatic heterocycles. The topological polar surface area (TPSA) is 53.9 Å². The molecule has 1 heterocycles. The molecule has 0 unspecified atom stereocenters. The Balaban J connectivity index is 1.74. The minimum absolute atomic E-state index is 0.463. The molecule has 0 saturated heterocycles. The van der Waals surface area contributed by atoms with Crippen LogP contribution in [0.5, 0.6) is 0 Å². The fourth-order valence-electron chi connectivity index (χ4n) is 2.13.